The Labute approximate surface area is 110 Å². The summed E-state index contributed by atoms with van der Waals surface area (Å²) >= 11 is 0. The molecule has 2 aromatic heterocycles. The molecule has 1 aliphatic heterocycles. The van der Waals surface area contributed by atoms with Gasteiger partial charge in [-0.15, -0.1) is 0 Å². The standard InChI is InChI=1S/C13H15N3O3/c17-11(18)5-4-9-12(10-3-1-8-19-10)15-16-7-2-6-14-13(9)16/h2,6-7,10H,1,3-5,8H2,(H,17,18). The highest BCUT2D eigenvalue weighted by molar-refractivity contribution is 5.68. The Balaban J connectivity index is 2.02. The molecule has 1 aliphatic rings. The van der Waals surface area contributed by atoms with Crippen molar-refractivity contribution in [2.45, 2.75) is 31.8 Å². The zero-order valence-electron chi connectivity index (χ0n) is 10.5. The van der Waals surface area contributed by atoms with E-state index in [9.17, 15) is 4.79 Å². The van der Waals surface area contributed by atoms with Crippen molar-refractivity contribution in [3.8, 4) is 0 Å². The molecule has 3 heterocycles. The monoisotopic (exact) mass is 261 g/mol. The molecule has 1 N–H and O–H groups in total. The Morgan fingerprint density at radius 3 is 3.21 bits per heavy atom. The van der Waals surface area contributed by atoms with Crippen LogP contribution in [0.1, 0.15) is 36.6 Å². The Kier molecular flexibility index (Phi) is 3.16. The van der Waals surface area contributed by atoms with Crippen LogP contribution in [0, 0.1) is 0 Å². The van der Waals surface area contributed by atoms with Gasteiger partial charge in [0.1, 0.15) is 6.10 Å². The van der Waals surface area contributed by atoms with E-state index in [1.165, 1.54) is 0 Å². The first-order chi connectivity index (χ1) is 9.25. The highest BCUT2D eigenvalue weighted by Gasteiger charge is 2.26. The lowest BCUT2D eigenvalue weighted by Crippen LogP contribution is -2.03. The Hall–Kier alpha value is -1.95. The third kappa shape index (κ3) is 2.31. The van der Waals surface area contributed by atoms with Crippen molar-refractivity contribution in [3.05, 3.63) is 29.7 Å². The first-order valence-corrected chi connectivity index (χ1v) is 6.41. The number of aromatic nitrogens is 3. The minimum absolute atomic E-state index is 0.0227. The van der Waals surface area contributed by atoms with Crippen LogP contribution in [0.2, 0.25) is 0 Å². The van der Waals surface area contributed by atoms with Gasteiger partial charge in [-0.25, -0.2) is 9.50 Å². The van der Waals surface area contributed by atoms with E-state index in [1.807, 2.05) is 6.20 Å². The van der Waals surface area contributed by atoms with Gasteiger partial charge in [-0.1, -0.05) is 0 Å². The van der Waals surface area contributed by atoms with Crippen LogP contribution in [-0.2, 0) is 16.0 Å². The summed E-state index contributed by atoms with van der Waals surface area (Å²) in [5, 5.41) is 13.4. The number of hydrogen-bond donors (Lipinski definition) is 1. The number of carboxylic acids is 1. The summed E-state index contributed by atoms with van der Waals surface area (Å²) in [7, 11) is 0. The number of fused-ring (bicyclic) bond motifs is 1. The molecule has 1 fully saturated rings. The first kappa shape index (κ1) is 12.1. The zero-order chi connectivity index (χ0) is 13.2. The molecule has 6 heteroatoms. The predicted molar refractivity (Wildman–Crippen MR) is 66.9 cm³/mol. The third-order valence-corrected chi connectivity index (χ3v) is 3.35. The third-order valence-electron chi connectivity index (χ3n) is 3.35. The SMILES string of the molecule is O=C(O)CCc1c(C2CCCO2)nn2cccnc12. The quantitative estimate of drug-likeness (QED) is 0.904. The van der Waals surface area contributed by atoms with Gasteiger partial charge in [-0.3, -0.25) is 4.79 Å². The average molecular weight is 261 g/mol. The van der Waals surface area contributed by atoms with Crippen molar-refractivity contribution < 1.29 is 14.6 Å². The van der Waals surface area contributed by atoms with Crippen molar-refractivity contribution in [2.24, 2.45) is 0 Å². The summed E-state index contributed by atoms with van der Waals surface area (Å²) in [6, 6.07) is 1.81. The van der Waals surface area contributed by atoms with Crippen molar-refractivity contribution in [1.82, 2.24) is 14.6 Å². The molecule has 0 amide bonds. The van der Waals surface area contributed by atoms with E-state index < -0.39 is 5.97 Å². The topological polar surface area (TPSA) is 76.7 Å². The maximum Gasteiger partial charge on any atom is 0.303 e. The van der Waals surface area contributed by atoms with Gasteiger partial charge in [0.15, 0.2) is 5.65 Å². The Morgan fingerprint density at radius 1 is 1.58 bits per heavy atom. The molecule has 6 nitrogen and oxygen atoms in total. The lowest BCUT2D eigenvalue weighted by atomic mass is 10.0. The van der Waals surface area contributed by atoms with E-state index >= 15 is 0 Å². The van der Waals surface area contributed by atoms with Crippen LogP contribution < -0.4 is 0 Å². The normalized spacial score (nSPS) is 19.1. The van der Waals surface area contributed by atoms with E-state index in [2.05, 4.69) is 10.1 Å². The first-order valence-electron chi connectivity index (χ1n) is 6.41. The highest BCUT2D eigenvalue weighted by atomic mass is 16.5. The van der Waals surface area contributed by atoms with Gasteiger partial charge in [0.05, 0.1) is 5.69 Å². The summed E-state index contributed by atoms with van der Waals surface area (Å²) in [4.78, 5) is 15.1. The predicted octanol–water partition coefficient (Wildman–Crippen LogP) is 1.60. The smallest absolute Gasteiger partial charge is 0.303 e. The van der Waals surface area contributed by atoms with Gasteiger partial charge < -0.3 is 9.84 Å². The van der Waals surface area contributed by atoms with Gasteiger partial charge in [-0.2, -0.15) is 5.10 Å². The Morgan fingerprint density at radius 2 is 2.47 bits per heavy atom. The van der Waals surface area contributed by atoms with E-state index in [-0.39, 0.29) is 12.5 Å². The summed E-state index contributed by atoms with van der Waals surface area (Å²) in [6.45, 7) is 0.740. The number of carbonyl (C=O) groups is 1. The second-order valence-electron chi connectivity index (χ2n) is 4.65. The van der Waals surface area contributed by atoms with Crippen molar-refractivity contribution in [3.63, 3.8) is 0 Å². The number of carboxylic acid groups (broad SMARTS) is 1. The van der Waals surface area contributed by atoms with E-state index in [1.54, 1.807) is 16.8 Å². The molecule has 0 saturated carbocycles. The molecular weight excluding hydrogens is 246 g/mol. The van der Waals surface area contributed by atoms with Gasteiger partial charge in [-0.05, 0) is 25.3 Å². The van der Waals surface area contributed by atoms with Crippen LogP contribution in [0.5, 0.6) is 0 Å². The van der Waals surface area contributed by atoms with Crippen LogP contribution in [0.15, 0.2) is 18.5 Å². The molecule has 1 atom stereocenters. The van der Waals surface area contributed by atoms with E-state index in [4.69, 9.17) is 9.84 Å². The minimum Gasteiger partial charge on any atom is -0.481 e. The molecule has 0 bridgehead atoms. The highest BCUT2D eigenvalue weighted by Crippen LogP contribution is 2.31. The number of aryl methyl sites for hydroxylation is 1. The molecule has 100 valence electrons. The lowest BCUT2D eigenvalue weighted by molar-refractivity contribution is -0.136. The van der Waals surface area contributed by atoms with Crippen LogP contribution >= 0.6 is 0 Å². The maximum atomic E-state index is 10.8. The van der Waals surface area contributed by atoms with E-state index in [0.29, 0.717) is 6.42 Å². The lowest BCUT2D eigenvalue weighted by Gasteiger charge is -2.07. The summed E-state index contributed by atoms with van der Waals surface area (Å²) in [5.74, 6) is -0.812. The average Bonchev–Trinajstić information content (AvgIpc) is 3.03. The molecule has 3 rings (SSSR count). The number of hydrogen-bond acceptors (Lipinski definition) is 4. The number of ether oxygens (including phenoxy) is 1. The van der Waals surface area contributed by atoms with Crippen LogP contribution in [0.25, 0.3) is 5.65 Å². The van der Waals surface area contributed by atoms with Crippen LogP contribution in [0.4, 0.5) is 0 Å². The largest absolute Gasteiger partial charge is 0.481 e. The van der Waals surface area contributed by atoms with Crippen LogP contribution in [0.3, 0.4) is 0 Å². The van der Waals surface area contributed by atoms with Gasteiger partial charge in [0, 0.05) is 31.0 Å². The molecule has 0 radical (unpaired) electrons. The van der Waals surface area contributed by atoms with Crippen molar-refractivity contribution >= 4 is 11.6 Å². The summed E-state index contributed by atoms with van der Waals surface area (Å²) in [6.07, 6.45) is 5.97. The van der Waals surface area contributed by atoms with Crippen molar-refractivity contribution in [1.29, 1.82) is 0 Å². The van der Waals surface area contributed by atoms with Gasteiger partial charge in [0.25, 0.3) is 0 Å². The van der Waals surface area contributed by atoms with Gasteiger partial charge >= 0.3 is 5.97 Å². The fraction of sp³-hybridized carbons (Fsp3) is 0.462. The van der Waals surface area contributed by atoms with Crippen LogP contribution in [-0.4, -0.2) is 32.3 Å². The molecule has 0 aromatic carbocycles. The number of rotatable bonds is 4. The number of nitrogens with zero attached hydrogens (tertiary/aromatic N) is 3. The molecule has 1 unspecified atom stereocenters. The zero-order valence-corrected chi connectivity index (χ0v) is 10.5. The molecule has 0 spiro atoms. The summed E-state index contributed by atoms with van der Waals surface area (Å²) in [5.41, 5.74) is 2.47. The molecular formula is C13H15N3O3. The Bertz CT molecular complexity index is 602. The second kappa shape index (κ2) is 4.97. The minimum atomic E-state index is -0.812. The van der Waals surface area contributed by atoms with E-state index in [0.717, 1.165) is 36.4 Å². The second-order valence-corrected chi connectivity index (χ2v) is 4.65. The van der Waals surface area contributed by atoms with Crippen molar-refractivity contribution in [2.75, 3.05) is 6.61 Å². The molecule has 19 heavy (non-hydrogen) atoms. The molecule has 2 aromatic rings. The summed E-state index contributed by atoms with van der Waals surface area (Å²) < 4.78 is 7.37. The van der Waals surface area contributed by atoms with Gasteiger partial charge in [0.2, 0.25) is 0 Å². The number of aliphatic carboxylic acids is 1. The fourth-order valence-corrected chi connectivity index (χ4v) is 2.48. The maximum absolute atomic E-state index is 10.8. The molecule has 0 aliphatic carbocycles. The fourth-order valence-electron chi connectivity index (χ4n) is 2.48. The molecule has 1 saturated heterocycles.